The van der Waals surface area contributed by atoms with Crippen molar-refractivity contribution in [1.82, 2.24) is 4.57 Å². The predicted octanol–water partition coefficient (Wildman–Crippen LogP) is 4.01. The molecule has 4 rings (SSSR count). The number of aromatic nitrogens is 1. The Labute approximate surface area is 161 Å². The molecule has 0 atom stereocenters. The molecule has 0 aliphatic carbocycles. The zero-order valence-corrected chi connectivity index (χ0v) is 15.6. The molecule has 0 fully saturated rings. The molecule has 0 radical (unpaired) electrons. The highest BCUT2D eigenvalue weighted by Crippen LogP contribution is 2.41. The smallest absolute Gasteiger partial charge is 0.427 e. The van der Waals surface area contributed by atoms with Gasteiger partial charge in [0.2, 0.25) is 5.75 Å². The summed E-state index contributed by atoms with van der Waals surface area (Å²) in [6.07, 6.45) is 1.41. The highest BCUT2D eigenvalue weighted by atomic mass is 35.5. The lowest BCUT2D eigenvalue weighted by atomic mass is 10.1. The summed E-state index contributed by atoms with van der Waals surface area (Å²) in [4.78, 5) is 25.9. The number of nitrogens with zero attached hydrogens (tertiary/aromatic N) is 1. The zero-order chi connectivity index (χ0) is 19.3. The summed E-state index contributed by atoms with van der Waals surface area (Å²) < 4.78 is 22.3. The van der Waals surface area contributed by atoms with E-state index in [4.69, 9.17) is 41.5 Å². The van der Waals surface area contributed by atoms with Crippen LogP contribution in [0.2, 0.25) is 10.0 Å². The highest BCUT2D eigenvalue weighted by molar-refractivity contribution is 6.37. The molecule has 0 spiro atoms. The lowest BCUT2D eigenvalue weighted by Gasteiger charge is -2.13. The predicted molar refractivity (Wildman–Crippen MR) is 101 cm³/mol. The molecule has 27 heavy (non-hydrogen) atoms. The van der Waals surface area contributed by atoms with Crippen LogP contribution in [0.1, 0.15) is 0 Å². The zero-order valence-electron chi connectivity index (χ0n) is 14.0. The van der Waals surface area contributed by atoms with E-state index >= 15 is 0 Å². The molecule has 2 heterocycles. The topological polar surface area (TPSA) is 83.8 Å². The maximum absolute atomic E-state index is 13.3. The molecular formula is C18H11Cl2NO6. The third-order valence-electron chi connectivity index (χ3n) is 4.13. The molecular weight excluding hydrogens is 397 g/mol. The standard InChI is InChI=1S/C18H11Cl2NO6/c1-24-13-8-6-7-26-14(8)16(25-2)15-11(13)17(22)21(18(23)27-15)12-9(19)4-3-5-10(12)20/h3-7H,1-2H3. The van der Waals surface area contributed by atoms with Crippen LogP contribution in [0, 0.1) is 0 Å². The summed E-state index contributed by atoms with van der Waals surface area (Å²) in [5.74, 6) is -0.689. The molecule has 7 nitrogen and oxygen atoms in total. The van der Waals surface area contributed by atoms with Gasteiger partial charge in [-0.1, -0.05) is 29.3 Å². The van der Waals surface area contributed by atoms with E-state index in [-0.39, 0.29) is 43.8 Å². The summed E-state index contributed by atoms with van der Waals surface area (Å²) in [6.45, 7) is 0. The van der Waals surface area contributed by atoms with E-state index in [0.717, 1.165) is 4.57 Å². The average molecular weight is 408 g/mol. The minimum absolute atomic E-state index is 0.00108. The highest BCUT2D eigenvalue weighted by Gasteiger charge is 2.26. The fourth-order valence-corrected chi connectivity index (χ4v) is 3.60. The molecule has 2 aromatic heterocycles. The van der Waals surface area contributed by atoms with Crippen molar-refractivity contribution in [2.75, 3.05) is 14.2 Å². The number of para-hydroxylation sites is 1. The summed E-state index contributed by atoms with van der Waals surface area (Å²) >= 11 is 12.3. The van der Waals surface area contributed by atoms with Crippen molar-refractivity contribution >= 4 is 45.1 Å². The van der Waals surface area contributed by atoms with Crippen LogP contribution in [0.15, 0.2) is 49.0 Å². The van der Waals surface area contributed by atoms with Gasteiger partial charge in [0.25, 0.3) is 5.56 Å². The monoisotopic (exact) mass is 407 g/mol. The SMILES string of the molecule is COc1c2occc2c(OC)c2c(=O)n(-c3c(Cl)cccc3Cl)c(=O)oc12. The van der Waals surface area contributed by atoms with E-state index in [0.29, 0.717) is 5.39 Å². The maximum atomic E-state index is 13.3. The van der Waals surface area contributed by atoms with Crippen LogP contribution in [0.3, 0.4) is 0 Å². The maximum Gasteiger partial charge on any atom is 0.427 e. The third kappa shape index (κ3) is 2.43. The van der Waals surface area contributed by atoms with Gasteiger partial charge in [-0.25, -0.2) is 9.36 Å². The Bertz CT molecular complexity index is 1300. The number of hydrogen-bond acceptors (Lipinski definition) is 6. The first-order valence-electron chi connectivity index (χ1n) is 7.65. The Morgan fingerprint density at radius 3 is 2.26 bits per heavy atom. The van der Waals surface area contributed by atoms with Crippen LogP contribution in [0.25, 0.3) is 27.6 Å². The van der Waals surface area contributed by atoms with Crippen molar-refractivity contribution < 1.29 is 18.3 Å². The second-order valence-electron chi connectivity index (χ2n) is 5.51. The number of halogens is 2. The van der Waals surface area contributed by atoms with Gasteiger partial charge in [0, 0.05) is 0 Å². The van der Waals surface area contributed by atoms with E-state index in [1.54, 1.807) is 12.1 Å². The molecule has 138 valence electrons. The van der Waals surface area contributed by atoms with Crippen molar-refractivity contribution in [3.05, 3.63) is 61.5 Å². The summed E-state index contributed by atoms with van der Waals surface area (Å²) in [5, 5.41) is 0.724. The molecule has 0 saturated heterocycles. The van der Waals surface area contributed by atoms with Crippen LogP contribution in [0.5, 0.6) is 11.5 Å². The van der Waals surface area contributed by atoms with Crippen LogP contribution >= 0.6 is 23.2 Å². The number of benzene rings is 2. The average Bonchev–Trinajstić information content (AvgIpc) is 3.11. The minimum atomic E-state index is -0.978. The fourth-order valence-electron chi connectivity index (χ4n) is 3.03. The van der Waals surface area contributed by atoms with Gasteiger partial charge in [0.1, 0.15) is 11.1 Å². The van der Waals surface area contributed by atoms with Crippen LogP contribution in [-0.4, -0.2) is 18.8 Å². The third-order valence-corrected chi connectivity index (χ3v) is 4.74. The summed E-state index contributed by atoms with van der Waals surface area (Å²) in [6, 6.07) is 6.24. The Balaban J connectivity index is 2.28. The lowest BCUT2D eigenvalue weighted by molar-refractivity contribution is 0.393. The van der Waals surface area contributed by atoms with Gasteiger partial charge in [-0.2, -0.15) is 0 Å². The van der Waals surface area contributed by atoms with Crippen molar-refractivity contribution in [3.63, 3.8) is 0 Å². The molecule has 0 saturated carbocycles. The Morgan fingerprint density at radius 2 is 1.63 bits per heavy atom. The van der Waals surface area contributed by atoms with Crippen molar-refractivity contribution in [3.8, 4) is 17.2 Å². The van der Waals surface area contributed by atoms with Gasteiger partial charge in [-0.3, -0.25) is 4.79 Å². The lowest BCUT2D eigenvalue weighted by Crippen LogP contribution is -2.31. The van der Waals surface area contributed by atoms with E-state index in [2.05, 4.69) is 0 Å². The molecule has 0 bridgehead atoms. The molecule has 0 N–H and O–H groups in total. The second kappa shape index (κ2) is 6.37. The second-order valence-corrected chi connectivity index (χ2v) is 6.33. The number of rotatable bonds is 3. The molecule has 0 unspecified atom stereocenters. The molecule has 0 aliphatic heterocycles. The Kier molecular flexibility index (Phi) is 4.13. The Hall–Kier alpha value is -2.90. The van der Waals surface area contributed by atoms with Crippen LogP contribution < -0.4 is 20.8 Å². The van der Waals surface area contributed by atoms with Gasteiger partial charge in [-0.05, 0) is 18.2 Å². The van der Waals surface area contributed by atoms with Crippen LogP contribution in [-0.2, 0) is 0 Å². The normalized spacial score (nSPS) is 11.3. The van der Waals surface area contributed by atoms with Gasteiger partial charge in [-0.15, -0.1) is 0 Å². The van der Waals surface area contributed by atoms with Gasteiger partial charge in [0.15, 0.2) is 11.2 Å². The van der Waals surface area contributed by atoms with E-state index in [1.165, 1.54) is 32.6 Å². The minimum Gasteiger partial charge on any atom is -0.495 e. The van der Waals surface area contributed by atoms with Gasteiger partial charge >= 0.3 is 5.76 Å². The number of methoxy groups -OCH3 is 2. The van der Waals surface area contributed by atoms with Gasteiger partial charge in [0.05, 0.1) is 41.6 Å². The number of fused-ring (bicyclic) bond motifs is 2. The fraction of sp³-hybridized carbons (Fsp3) is 0.111. The molecule has 4 aromatic rings. The van der Waals surface area contributed by atoms with E-state index < -0.39 is 11.3 Å². The quantitative estimate of drug-likeness (QED) is 0.509. The van der Waals surface area contributed by atoms with E-state index in [9.17, 15) is 9.59 Å². The molecule has 0 aliphatic rings. The van der Waals surface area contributed by atoms with Gasteiger partial charge < -0.3 is 18.3 Å². The van der Waals surface area contributed by atoms with Crippen molar-refractivity contribution in [1.29, 1.82) is 0 Å². The number of ether oxygens (including phenoxy) is 2. The molecule has 2 aromatic carbocycles. The van der Waals surface area contributed by atoms with Crippen molar-refractivity contribution in [2.24, 2.45) is 0 Å². The summed E-state index contributed by atoms with van der Waals surface area (Å²) in [7, 11) is 2.77. The number of hydrogen-bond donors (Lipinski definition) is 0. The molecule has 9 heteroatoms. The summed E-state index contributed by atoms with van der Waals surface area (Å²) in [5.41, 5.74) is -0.492. The first-order valence-corrected chi connectivity index (χ1v) is 8.40. The number of furan rings is 1. The first-order chi connectivity index (χ1) is 13.0. The first kappa shape index (κ1) is 17.5. The molecule has 0 amide bonds. The van der Waals surface area contributed by atoms with Crippen LogP contribution in [0.4, 0.5) is 0 Å². The van der Waals surface area contributed by atoms with E-state index in [1.807, 2.05) is 0 Å². The Morgan fingerprint density at radius 1 is 0.963 bits per heavy atom. The van der Waals surface area contributed by atoms with Crippen molar-refractivity contribution in [2.45, 2.75) is 0 Å². The largest absolute Gasteiger partial charge is 0.495 e.